The Hall–Kier alpha value is -2.56. The second-order valence-corrected chi connectivity index (χ2v) is 6.70. The van der Waals surface area contributed by atoms with Crippen LogP contribution in [0.15, 0.2) is 72.3 Å². The number of carbonyl (C=O) groups excluding carboxylic acids is 2. The second-order valence-electron chi connectivity index (χ2n) is 6.70. The number of allylic oxidation sites excluding steroid dienone is 1. The first-order valence-electron chi connectivity index (χ1n) is 9.23. The fraction of sp³-hybridized carbons (Fsp3) is 0.304. The Balaban J connectivity index is 1.43. The predicted octanol–water partition coefficient (Wildman–Crippen LogP) is 3.89. The lowest BCUT2D eigenvalue weighted by Gasteiger charge is -2.14. The van der Waals surface area contributed by atoms with Crippen molar-refractivity contribution >= 4 is 11.6 Å². The molecule has 2 aromatic carbocycles. The number of benzene rings is 2. The molecule has 140 valence electrons. The minimum atomic E-state index is -0.107. The van der Waals surface area contributed by atoms with E-state index >= 15 is 0 Å². The zero-order chi connectivity index (χ0) is 18.9. The highest BCUT2D eigenvalue weighted by Gasteiger charge is 2.29. The molecule has 1 atom stereocenters. The van der Waals surface area contributed by atoms with Crippen molar-refractivity contribution < 1.29 is 19.1 Å². The highest BCUT2D eigenvalue weighted by Crippen LogP contribution is 2.27. The largest absolute Gasteiger partial charge is 0.377 e. The summed E-state index contributed by atoms with van der Waals surface area (Å²) in [6, 6.07) is 19.7. The van der Waals surface area contributed by atoms with Gasteiger partial charge in [0.05, 0.1) is 13.2 Å². The summed E-state index contributed by atoms with van der Waals surface area (Å²) in [5.74, 6) is -0.166. The summed E-state index contributed by atoms with van der Waals surface area (Å²) >= 11 is 0. The summed E-state index contributed by atoms with van der Waals surface area (Å²) in [7, 11) is 0. The number of hydrogen-bond acceptors (Lipinski definition) is 4. The van der Waals surface area contributed by atoms with Crippen LogP contribution in [0.3, 0.4) is 0 Å². The Morgan fingerprint density at radius 2 is 1.48 bits per heavy atom. The Morgan fingerprint density at radius 3 is 2.11 bits per heavy atom. The van der Waals surface area contributed by atoms with E-state index in [9.17, 15) is 9.59 Å². The van der Waals surface area contributed by atoms with Crippen molar-refractivity contribution in [2.24, 2.45) is 5.92 Å². The fourth-order valence-corrected chi connectivity index (χ4v) is 3.18. The van der Waals surface area contributed by atoms with E-state index < -0.39 is 0 Å². The van der Waals surface area contributed by atoms with E-state index in [0.717, 1.165) is 11.1 Å². The lowest BCUT2D eigenvalue weighted by molar-refractivity contribution is -0.120. The van der Waals surface area contributed by atoms with E-state index in [1.54, 1.807) is 0 Å². The van der Waals surface area contributed by atoms with Crippen molar-refractivity contribution in [3.63, 3.8) is 0 Å². The normalized spacial score (nSPS) is 16.4. The summed E-state index contributed by atoms with van der Waals surface area (Å²) in [5.41, 5.74) is 2.71. The number of hydrogen-bond donors (Lipinski definition) is 0. The topological polar surface area (TPSA) is 52.6 Å². The number of carbonyl (C=O) groups is 2. The Bertz CT molecular complexity index is 781. The third-order valence-corrected chi connectivity index (χ3v) is 4.59. The second kappa shape index (κ2) is 9.95. The van der Waals surface area contributed by atoms with Gasteiger partial charge in [-0.2, -0.15) is 0 Å². The first-order chi connectivity index (χ1) is 13.2. The van der Waals surface area contributed by atoms with E-state index in [2.05, 4.69) is 0 Å². The highest BCUT2D eigenvalue weighted by atomic mass is 16.5. The van der Waals surface area contributed by atoms with Crippen molar-refractivity contribution in [1.82, 2.24) is 0 Å². The molecule has 1 unspecified atom stereocenters. The number of Topliss-reactive ketones (excluding diaryl/α,β-unsaturated/α-hetero) is 1. The predicted molar refractivity (Wildman–Crippen MR) is 103 cm³/mol. The van der Waals surface area contributed by atoms with E-state index in [0.29, 0.717) is 38.2 Å². The van der Waals surface area contributed by atoms with Crippen LogP contribution >= 0.6 is 0 Å². The van der Waals surface area contributed by atoms with Gasteiger partial charge in [0.1, 0.15) is 6.61 Å². The van der Waals surface area contributed by atoms with Crippen LogP contribution in [0, 0.1) is 5.92 Å². The fourth-order valence-electron chi connectivity index (χ4n) is 3.18. The molecule has 0 aliphatic heterocycles. The van der Waals surface area contributed by atoms with E-state index in [1.807, 2.05) is 60.7 Å². The molecule has 0 amide bonds. The number of ketones is 2. The van der Waals surface area contributed by atoms with Gasteiger partial charge in [0.15, 0.2) is 11.6 Å². The first kappa shape index (κ1) is 19.2. The molecule has 0 bridgehead atoms. The molecule has 1 aliphatic rings. The molecule has 0 fully saturated rings. The Morgan fingerprint density at radius 1 is 0.889 bits per heavy atom. The van der Waals surface area contributed by atoms with Crippen LogP contribution in [-0.4, -0.2) is 24.8 Å². The van der Waals surface area contributed by atoms with Gasteiger partial charge in [0.25, 0.3) is 0 Å². The standard InChI is InChI=1S/C23H24O4/c24-21-13-20(11-12-26-15-18-7-3-1-4-8-18)22(14-21)23(25)17-27-16-19-9-5-2-6-10-19/h1-10,14,20H,11-13,15-17H2. The van der Waals surface area contributed by atoms with Gasteiger partial charge in [-0.3, -0.25) is 9.59 Å². The maximum Gasteiger partial charge on any atom is 0.184 e. The number of ether oxygens (including phenoxy) is 2. The van der Waals surface area contributed by atoms with Crippen LogP contribution in [0.2, 0.25) is 0 Å². The minimum Gasteiger partial charge on any atom is -0.377 e. The molecule has 2 aromatic rings. The molecule has 0 radical (unpaired) electrons. The average Bonchev–Trinajstić information content (AvgIpc) is 3.07. The van der Waals surface area contributed by atoms with Crippen LogP contribution in [0.1, 0.15) is 24.0 Å². The summed E-state index contributed by atoms with van der Waals surface area (Å²) in [4.78, 5) is 24.3. The third-order valence-electron chi connectivity index (χ3n) is 4.59. The van der Waals surface area contributed by atoms with E-state index in [-0.39, 0.29) is 24.1 Å². The maximum absolute atomic E-state index is 12.5. The van der Waals surface area contributed by atoms with Gasteiger partial charge in [0, 0.05) is 18.6 Å². The Kier molecular flexibility index (Phi) is 7.08. The smallest absolute Gasteiger partial charge is 0.184 e. The summed E-state index contributed by atoms with van der Waals surface area (Å²) in [5, 5.41) is 0. The maximum atomic E-state index is 12.5. The lowest BCUT2D eigenvalue weighted by Crippen LogP contribution is -2.17. The molecule has 4 nitrogen and oxygen atoms in total. The monoisotopic (exact) mass is 364 g/mol. The lowest BCUT2D eigenvalue weighted by atomic mass is 9.95. The third kappa shape index (κ3) is 5.98. The van der Waals surface area contributed by atoms with Gasteiger partial charge in [-0.25, -0.2) is 0 Å². The molecule has 0 N–H and O–H groups in total. The van der Waals surface area contributed by atoms with Crippen LogP contribution in [0.5, 0.6) is 0 Å². The van der Waals surface area contributed by atoms with Crippen molar-refractivity contribution in [3.8, 4) is 0 Å². The Labute approximate surface area is 159 Å². The van der Waals surface area contributed by atoms with Gasteiger partial charge in [-0.05, 0) is 29.5 Å². The summed E-state index contributed by atoms with van der Waals surface area (Å²) < 4.78 is 11.2. The van der Waals surface area contributed by atoms with Gasteiger partial charge in [0.2, 0.25) is 0 Å². The number of rotatable bonds is 10. The summed E-state index contributed by atoms with van der Waals surface area (Å²) in [6.45, 7) is 1.44. The molecule has 4 heteroatoms. The van der Waals surface area contributed by atoms with Crippen molar-refractivity contribution in [1.29, 1.82) is 0 Å². The van der Waals surface area contributed by atoms with Crippen molar-refractivity contribution in [2.75, 3.05) is 13.2 Å². The van der Waals surface area contributed by atoms with Crippen molar-refractivity contribution in [2.45, 2.75) is 26.1 Å². The zero-order valence-electron chi connectivity index (χ0n) is 15.3. The molecule has 0 spiro atoms. The molecule has 0 heterocycles. The highest BCUT2D eigenvalue weighted by molar-refractivity contribution is 6.07. The summed E-state index contributed by atoms with van der Waals surface area (Å²) in [6.07, 6.45) is 2.53. The quantitative estimate of drug-likeness (QED) is 0.600. The van der Waals surface area contributed by atoms with Crippen LogP contribution in [0.4, 0.5) is 0 Å². The molecular formula is C23H24O4. The van der Waals surface area contributed by atoms with E-state index in [4.69, 9.17) is 9.47 Å². The van der Waals surface area contributed by atoms with Gasteiger partial charge >= 0.3 is 0 Å². The molecule has 0 aromatic heterocycles. The molecule has 1 aliphatic carbocycles. The SMILES string of the molecule is O=C1C=C(C(=O)COCc2ccccc2)C(CCOCc2ccccc2)C1. The van der Waals surface area contributed by atoms with Gasteiger partial charge < -0.3 is 9.47 Å². The first-order valence-corrected chi connectivity index (χ1v) is 9.23. The zero-order valence-corrected chi connectivity index (χ0v) is 15.3. The molecule has 3 rings (SSSR count). The van der Waals surface area contributed by atoms with Gasteiger partial charge in [-0.1, -0.05) is 60.7 Å². The minimum absolute atomic E-state index is 0.00458. The van der Waals surface area contributed by atoms with Crippen LogP contribution in [0.25, 0.3) is 0 Å². The van der Waals surface area contributed by atoms with Crippen LogP contribution in [-0.2, 0) is 32.3 Å². The van der Waals surface area contributed by atoms with E-state index in [1.165, 1.54) is 6.08 Å². The van der Waals surface area contributed by atoms with Gasteiger partial charge in [-0.15, -0.1) is 0 Å². The molecule has 27 heavy (non-hydrogen) atoms. The average molecular weight is 364 g/mol. The molecule has 0 saturated heterocycles. The van der Waals surface area contributed by atoms with Crippen LogP contribution < -0.4 is 0 Å². The molecule has 0 saturated carbocycles. The van der Waals surface area contributed by atoms with Crippen molar-refractivity contribution in [3.05, 3.63) is 83.4 Å². The molecular weight excluding hydrogens is 340 g/mol.